The van der Waals surface area contributed by atoms with Crippen molar-refractivity contribution in [2.75, 3.05) is 7.11 Å². The Labute approximate surface area is 126 Å². The van der Waals surface area contributed by atoms with Gasteiger partial charge >= 0.3 is 5.97 Å². The lowest BCUT2D eigenvalue weighted by atomic mass is 9.93. The lowest BCUT2D eigenvalue weighted by Gasteiger charge is -2.17. The van der Waals surface area contributed by atoms with Crippen molar-refractivity contribution < 1.29 is 19.0 Å². The number of rotatable bonds is 2. The molecular weight excluding hydrogens is 295 g/mol. The van der Waals surface area contributed by atoms with Crippen molar-refractivity contribution in [2.45, 2.75) is 13.8 Å². The number of carbonyl (C=O) groups is 1. The van der Waals surface area contributed by atoms with E-state index in [2.05, 4.69) is 0 Å². The lowest BCUT2D eigenvalue weighted by Crippen LogP contribution is -2.07. The minimum atomic E-state index is -0.697. The summed E-state index contributed by atoms with van der Waals surface area (Å²) in [5.41, 5.74) is 2.01. The van der Waals surface area contributed by atoms with Gasteiger partial charge in [-0.05, 0) is 42.7 Å². The Morgan fingerprint density at radius 2 is 1.76 bits per heavy atom. The minimum Gasteiger partial charge on any atom is -0.507 e. The Balaban J connectivity index is 2.85. The zero-order valence-corrected chi connectivity index (χ0v) is 12.6. The highest BCUT2D eigenvalue weighted by atomic mass is 35.5. The molecule has 0 atom stereocenters. The second kappa shape index (κ2) is 5.74. The lowest BCUT2D eigenvalue weighted by molar-refractivity contribution is 0.0598. The Hall–Kier alpha value is -2.07. The highest BCUT2D eigenvalue weighted by Gasteiger charge is 2.25. The van der Waals surface area contributed by atoms with E-state index >= 15 is 0 Å². The molecular formula is C16H14ClFO3. The van der Waals surface area contributed by atoms with Gasteiger partial charge in [0, 0.05) is 5.56 Å². The van der Waals surface area contributed by atoms with Crippen LogP contribution < -0.4 is 0 Å². The van der Waals surface area contributed by atoms with E-state index in [-0.39, 0.29) is 11.3 Å². The Morgan fingerprint density at radius 1 is 1.19 bits per heavy atom. The summed E-state index contributed by atoms with van der Waals surface area (Å²) in [5, 5.41) is 10.6. The molecule has 110 valence electrons. The SMILES string of the molecule is COC(=O)c1c(O)c(C)c(C)c(Cl)c1-c1ccc(F)cc1. The molecule has 0 radical (unpaired) electrons. The summed E-state index contributed by atoms with van der Waals surface area (Å²) in [6.07, 6.45) is 0. The number of hydrogen-bond donors (Lipinski definition) is 1. The second-order valence-electron chi connectivity index (χ2n) is 4.66. The summed E-state index contributed by atoms with van der Waals surface area (Å²) in [6, 6.07) is 5.52. The fourth-order valence-corrected chi connectivity index (χ4v) is 2.48. The number of phenolic OH excluding ortho intramolecular Hbond substituents is 1. The molecule has 0 aliphatic rings. The Kier molecular flexibility index (Phi) is 4.19. The minimum absolute atomic E-state index is 0.0165. The van der Waals surface area contributed by atoms with Crippen molar-refractivity contribution in [1.29, 1.82) is 0 Å². The van der Waals surface area contributed by atoms with Crippen LogP contribution in [0.15, 0.2) is 24.3 Å². The van der Waals surface area contributed by atoms with Gasteiger partial charge in [0.25, 0.3) is 0 Å². The summed E-state index contributed by atoms with van der Waals surface area (Å²) in [6.45, 7) is 3.41. The van der Waals surface area contributed by atoms with Gasteiger partial charge in [0.1, 0.15) is 17.1 Å². The van der Waals surface area contributed by atoms with Crippen molar-refractivity contribution >= 4 is 17.6 Å². The highest BCUT2D eigenvalue weighted by Crippen LogP contribution is 2.41. The van der Waals surface area contributed by atoms with Crippen LogP contribution in [0.5, 0.6) is 5.75 Å². The van der Waals surface area contributed by atoms with Crippen LogP contribution in [0.4, 0.5) is 4.39 Å². The van der Waals surface area contributed by atoms with E-state index in [1.807, 2.05) is 0 Å². The van der Waals surface area contributed by atoms with E-state index in [1.165, 1.54) is 31.4 Å². The summed E-state index contributed by atoms with van der Waals surface area (Å²) in [4.78, 5) is 12.0. The molecule has 0 bridgehead atoms. The van der Waals surface area contributed by atoms with E-state index in [0.717, 1.165) is 0 Å². The highest BCUT2D eigenvalue weighted by molar-refractivity contribution is 6.35. The summed E-state index contributed by atoms with van der Waals surface area (Å²) >= 11 is 6.34. The molecule has 2 rings (SSSR count). The maximum Gasteiger partial charge on any atom is 0.342 e. The first kappa shape index (κ1) is 15.3. The normalized spacial score (nSPS) is 10.5. The number of methoxy groups -OCH3 is 1. The number of hydrogen-bond acceptors (Lipinski definition) is 3. The number of halogens is 2. The average Bonchev–Trinajstić information content (AvgIpc) is 2.49. The van der Waals surface area contributed by atoms with Crippen LogP contribution >= 0.6 is 11.6 Å². The van der Waals surface area contributed by atoms with Crippen LogP contribution in [0.3, 0.4) is 0 Å². The molecule has 0 amide bonds. The van der Waals surface area contributed by atoms with Crippen molar-refractivity contribution in [3.05, 3.63) is 51.8 Å². The molecule has 0 aromatic heterocycles. The molecule has 5 heteroatoms. The third kappa shape index (κ3) is 2.59. The Morgan fingerprint density at radius 3 is 2.29 bits per heavy atom. The van der Waals surface area contributed by atoms with Gasteiger partial charge in [-0.2, -0.15) is 0 Å². The second-order valence-corrected chi connectivity index (χ2v) is 5.04. The fraction of sp³-hybridized carbons (Fsp3) is 0.188. The van der Waals surface area contributed by atoms with Crippen molar-refractivity contribution in [1.82, 2.24) is 0 Å². The maximum absolute atomic E-state index is 13.1. The van der Waals surface area contributed by atoms with E-state index in [9.17, 15) is 14.3 Å². The Bertz CT molecular complexity index is 709. The van der Waals surface area contributed by atoms with Crippen LogP contribution in [-0.2, 0) is 4.74 Å². The maximum atomic E-state index is 13.1. The summed E-state index contributed by atoms with van der Waals surface area (Å²) in [5.74, 6) is -1.28. The zero-order chi connectivity index (χ0) is 15.7. The number of phenols is 1. The first-order chi connectivity index (χ1) is 9.88. The average molecular weight is 309 g/mol. The molecule has 0 unspecified atom stereocenters. The first-order valence-corrected chi connectivity index (χ1v) is 6.62. The summed E-state index contributed by atoms with van der Waals surface area (Å²) in [7, 11) is 1.22. The van der Waals surface area contributed by atoms with Crippen LogP contribution in [0, 0.1) is 19.7 Å². The van der Waals surface area contributed by atoms with Gasteiger partial charge in [0.15, 0.2) is 0 Å². The topological polar surface area (TPSA) is 46.5 Å². The predicted molar refractivity (Wildman–Crippen MR) is 79.3 cm³/mol. The number of benzene rings is 2. The molecule has 21 heavy (non-hydrogen) atoms. The van der Waals surface area contributed by atoms with Gasteiger partial charge in [0.2, 0.25) is 0 Å². The van der Waals surface area contributed by atoms with Gasteiger partial charge in [-0.15, -0.1) is 0 Å². The van der Waals surface area contributed by atoms with Gasteiger partial charge in [-0.1, -0.05) is 23.7 Å². The van der Waals surface area contributed by atoms with Crippen molar-refractivity contribution in [3.63, 3.8) is 0 Å². The molecule has 0 saturated heterocycles. The van der Waals surface area contributed by atoms with Crippen molar-refractivity contribution in [2.24, 2.45) is 0 Å². The quantitative estimate of drug-likeness (QED) is 0.843. The third-order valence-corrected chi connectivity index (χ3v) is 3.95. The third-order valence-electron chi connectivity index (χ3n) is 3.48. The number of carbonyl (C=O) groups excluding carboxylic acids is 1. The van der Waals surface area contributed by atoms with Gasteiger partial charge in [0.05, 0.1) is 12.1 Å². The van der Waals surface area contributed by atoms with Gasteiger partial charge in [-0.25, -0.2) is 9.18 Å². The van der Waals surface area contributed by atoms with E-state index in [4.69, 9.17) is 16.3 Å². The van der Waals surface area contributed by atoms with Crippen LogP contribution in [0.1, 0.15) is 21.5 Å². The zero-order valence-electron chi connectivity index (χ0n) is 11.8. The van der Waals surface area contributed by atoms with E-state index in [1.54, 1.807) is 13.8 Å². The molecule has 0 fully saturated rings. The first-order valence-electron chi connectivity index (χ1n) is 6.24. The molecule has 0 heterocycles. The number of esters is 1. The van der Waals surface area contributed by atoms with E-state index in [0.29, 0.717) is 27.3 Å². The molecule has 0 aliphatic heterocycles. The smallest absolute Gasteiger partial charge is 0.342 e. The summed E-state index contributed by atoms with van der Waals surface area (Å²) < 4.78 is 17.8. The molecule has 1 N–H and O–H groups in total. The van der Waals surface area contributed by atoms with Crippen LogP contribution in [0.25, 0.3) is 11.1 Å². The standard InChI is InChI=1S/C16H14ClFO3/c1-8-9(2)15(19)13(16(20)21-3)12(14(8)17)10-4-6-11(18)7-5-10/h4-7,19H,1-3H3. The molecule has 0 aliphatic carbocycles. The van der Waals surface area contributed by atoms with Crippen LogP contribution in [-0.4, -0.2) is 18.2 Å². The monoisotopic (exact) mass is 308 g/mol. The molecule has 2 aromatic rings. The molecule has 3 nitrogen and oxygen atoms in total. The van der Waals surface area contributed by atoms with E-state index < -0.39 is 11.8 Å². The largest absolute Gasteiger partial charge is 0.507 e. The molecule has 0 spiro atoms. The van der Waals surface area contributed by atoms with Gasteiger partial charge in [-0.3, -0.25) is 0 Å². The fourth-order valence-electron chi connectivity index (χ4n) is 2.13. The molecule has 2 aromatic carbocycles. The van der Waals surface area contributed by atoms with Gasteiger partial charge < -0.3 is 9.84 Å². The van der Waals surface area contributed by atoms with Crippen LogP contribution in [0.2, 0.25) is 5.02 Å². The molecule has 0 saturated carbocycles. The van der Waals surface area contributed by atoms with Crippen molar-refractivity contribution in [3.8, 4) is 16.9 Å². The predicted octanol–water partition coefficient (Wildman–Crippen LogP) is 4.26. The number of aromatic hydroxyl groups is 1. The number of ether oxygens (including phenoxy) is 1.